The lowest BCUT2D eigenvalue weighted by Crippen LogP contribution is -2.48. The molecule has 10 N–H and O–H groups in total. The molecule has 4 unspecified atom stereocenters. The molecule has 3 aromatic carbocycles. The number of nitrogens with two attached hydrogens (primary N) is 1. The van der Waals surface area contributed by atoms with E-state index in [0.29, 0.717) is 47.8 Å². The zero-order chi connectivity index (χ0) is 54.3. The number of nitrogens with one attached hydrogen (secondary N) is 8. The van der Waals surface area contributed by atoms with E-state index >= 15 is 0 Å². The zero-order valence-electron chi connectivity index (χ0n) is 42.0. The second-order valence-corrected chi connectivity index (χ2v) is 21.8. The van der Waals surface area contributed by atoms with Gasteiger partial charge in [-0.3, -0.25) is 43.3 Å². The normalized spacial score (nSPS) is 17.5. The van der Waals surface area contributed by atoms with Gasteiger partial charge in [-0.25, -0.2) is 4.79 Å². The molecule has 75 heavy (non-hydrogen) atoms. The number of hydrogen-bond acceptors (Lipinski definition) is 15. The number of hydrogen-bond donors (Lipinski definition) is 10. The minimum absolute atomic E-state index is 0.124. The lowest BCUT2D eigenvalue weighted by atomic mass is 10.1. The third-order valence-electron chi connectivity index (χ3n) is 11.8. The third kappa shape index (κ3) is 20.4. The Morgan fingerprint density at radius 2 is 1.49 bits per heavy atom. The maximum absolute atomic E-state index is 13.5. The molecule has 2 heterocycles. The van der Waals surface area contributed by atoms with E-state index in [1.54, 1.807) is 62.1 Å². The molecule has 0 saturated carbocycles. The molecule has 0 aromatic heterocycles. The number of likely N-dealkylation sites (N-methyl/N-ethyl adjacent to an activating group) is 1. The molecule has 6 atom stereocenters. The van der Waals surface area contributed by atoms with Crippen LogP contribution in [-0.2, 0) is 48.8 Å². The van der Waals surface area contributed by atoms with Gasteiger partial charge in [-0.05, 0) is 85.2 Å². The van der Waals surface area contributed by atoms with Crippen molar-refractivity contribution in [2.24, 2.45) is 11.7 Å². The predicted molar refractivity (Wildman–Crippen MR) is 297 cm³/mol. The van der Waals surface area contributed by atoms with Crippen LogP contribution in [0.1, 0.15) is 57.9 Å². The van der Waals surface area contributed by atoms with Gasteiger partial charge >= 0.3 is 6.03 Å². The number of thioether (sulfide) groups is 3. The quantitative estimate of drug-likeness (QED) is 0.0160. The number of nitrogens with zero attached hydrogens (tertiary/aromatic N) is 1. The van der Waals surface area contributed by atoms with Crippen LogP contribution in [0.2, 0.25) is 0 Å². The highest BCUT2D eigenvalue weighted by Gasteiger charge is 2.43. The molecule has 2 bridgehead atoms. The average molecular weight is 1110 g/mol. The Labute approximate surface area is 454 Å². The van der Waals surface area contributed by atoms with Crippen LogP contribution >= 0.6 is 47.9 Å². The van der Waals surface area contributed by atoms with Crippen molar-refractivity contribution in [1.29, 1.82) is 0 Å². The van der Waals surface area contributed by atoms with Crippen molar-refractivity contribution < 1.29 is 47.9 Å². The molecule has 5 rings (SSSR count). The molecule has 20 nitrogen and oxygen atoms in total. The number of thiol groups is 1. The fourth-order valence-corrected chi connectivity index (χ4v) is 11.1. The topological polar surface area (TPSA) is 288 Å². The third-order valence-corrected chi connectivity index (χ3v) is 15.5. The fourth-order valence-electron chi connectivity index (χ4n) is 7.68. The number of primary amides is 1. The van der Waals surface area contributed by atoms with Crippen LogP contribution in [0.3, 0.4) is 0 Å². The van der Waals surface area contributed by atoms with Crippen LogP contribution in [0.5, 0.6) is 0 Å². The van der Waals surface area contributed by atoms with Crippen molar-refractivity contribution >= 4 is 118 Å². The van der Waals surface area contributed by atoms with Gasteiger partial charge < -0.3 is 53.0 Å². The highest BCUT2D eigenvalue weighted by molar-refractivity contribution is 8.01. The van der Waals surface area contributed by atoms with E-state index in [2.05, 4.69) is 55.2 Å². The number of carbonyl (C=O) groups is 9. The van der Waals surface area contributed by atoms with Crippen LogP contribution in [-0.4, -0.2) is 132 Å². The van der Waals surface area contributed by atoms with Crippen LogP contribution < -0.4 is 48.3 Å². The Hall–Kier alpha value is -6.21. The maximum atomic E-state index is 13.5. The highest BCUT2D eigenvalue weighted by Crippen LogP contribution is 2.34. The molecule has 0 aliphatic carbocycles. The summed E-state index contributed by atoms with van der Waals surface area (Å²) in [6.45, 7) is 3.89. The summed E-state index contributed by atoms with van der Waals surface area (Å²) in [5.41, 5.74) is 7.84. The Bertz CT molecular complexity index is 2490. The number of imide groups is 1. The molecule has 2 fully saturated rings. The van der Waals surface area contributed by atoms with E-state index in [1.807, 2.05) is 49.4 Å². The standard InChI is InChI=1S/C51H66N10O10S4/c1-31(19-22-71-37-24-32(2)75-42-25-45(64)61(27-37)50(42)69)46(65)55-26-44(63)59-39(10-7-21-54-51(52)70)47(66)57-35-13-11-33(12-14-35)29-73-23-20-43(62)56-34-15-17-36(18-16-34)58-49(68)41(60-48(67)40(28-72)53-3)30-74-38-8-5-4-6-9-38/h4-6,8-9,11-18,28,31-32,37,39,41-42,53,72H,7,10,19-27,29-30H2,1-3H3,(H,55,65)(H,56,62)(H,57,66)(H,58,68)(H,59,63)(H,60,67)(H3,52,54,70)/b40-28-/t31?,32?,37?,39-,41-,42?/m0/s1. The van der Waals surface area contributed by atoms with E-state index in [0.717, 1.165) is 10.5 Å². The molecule has 0 radical (unpaired) electrons. The monoisotopic (exact) mass is 1110 g/mol. The van der Waals surface area contributed by atoms with Crippen LogP contribution in [0.15, 0.2) is 94.9 Å². The van der Waals surface area contributed by atoms with Gasteiger partial charge in [0.05, 0.1) is 24.4 Å². The first-order valence-corrected chi connectivity index (χ1v) is 28.0. The number of fused-ring (bicyclic) bond motifs is 2. The number of anilines is 3. The van der Waals surface area contributed by atoms with Gasteiger partial charge in [0.1, 0.15) is 17.8 Å². The van der Waals surface area contributed by atoms with E-state index < -0.39 is 47.7 Å². The van der Waals surface area contributed by atoms with Crippen LogP contribution in [0.25, 0.3) is 0 Å². The van der Waals surface area contributed by atoms with Gasteiger partial charge in [0.25, 0.3) is 5.91 Å². The molecule has 2 aliphatic rings. The summed E-state index contributed by atoms with van der Waals surface area (Å²) in [5.74, 6) is -2.08. The van der Waals surface area contributed by atoms with E-state index in [9.17, 15) is 43.2 Å². The summed E-state index contributed by atoms with van der Waals surface area (Å²) in [7, 11) is 1.58. The molecule has 0 spiro atoms. The predicted octanol–water partition coefficient (Wildman–Crippen LogP) is 4.21. The second-order valence-electron chi connectivity index (χ2n) is 17.7. The second kappa shape index (κ2) is 31.0. The Morgan fingerprint density at radius 3 is 2.15 bits per heavy atom. The smallest absolute Gasteiger partial charge is 0.312 e. The molecule has 2 saturated heterocycles. The first kappa shape index (κ1) is 59.7. The summed E-state index contributed by atoms with van der Waals surface area (Å²) < 4.78 is 6.03. The number of carbonyl (C=O) groups excluding carboxylic acids is 9. The number of amides is 10. The minimum atomic E-state index is -1.01. The number of benzene rings is 3. The maximum Gasteiger partial charge on any atom is 0.312 e. The van der Waals surface area contributed by atoms with Gasteiger partial charge in [-0.1, -0.05) is 44.2 Å². The van der Waals surface area contributed by atoms with E-state index in [4.69, 9.17) is 10.5 Å². The SMILES string of the molecule is CN/C(=C\S)C(=O)N[C@@H](CSc1ccccc1)C(=O)Nc1ccc(NC(=O)CCSCc2ccc(NC(=O)[C@H](CCCNC(N)=O)NC(=O)CNC(=O)C(C)CCOC3CC(C)SC4CC(=O)N(C3)C4=O)cc2)cc1. The number of ether oxygens (including phenoxy) is 1. The Kier molecular flexibility index (Phi) is 24.6. The molecule has 404 valence electrons. The van der Waals surface area contributed by atoms with Crippen molar-refractivity contribution in [3.8, 4) is 0 Å². The molecule has 2 aliphatic heterocycles. The van der Waals surface area contributed by atoms with Crippen LogP contribution in [0.4, 0.5) is 21.9 Å². The first-order valence-electron chi connectivity index (χ1n) is 24.4. The van der Waals surface area contributed by atoms with E-state index in [1.165, 1.54) is 33.8 Å². The van der Waals surface area contributed by atoms with E-state index in [-0.39, 0.29) is 97.2 Å². The zero-order valence-corrected chi connectivity index (χ0v) is 45.4. The highest BCUT2D eigenvalue weighted by atomic mass is 32.2. The number of urea groups is 1. The van der Waals surface area contributed by atoms with Crippen molar-refractivity contribution in [3.63, 3.8) is 0 Å². The molecule has 24 heteroatoms. The lowest BCUT2D eigenvalue weighted by Gasteiger charge is -2.28. The van der Waals surface area contributed by atoms with Gasteiger partial charge in [-0.2, -0.15) is 11.8 Å². The average Bonchev–Trinajstić information content (AvgIpc) is 3.67. The van der Waals surface area contributed by atoms with Crippen molar-refractivity contribution in [2.45, 2.75) is 91.7 Å². The Morgan fingerprint density at radius 1 is 0.840 bits per heavy atom. The van der Waals surface area contributed by atoms with Crippen molar-refractivity contribution in [1.82, 2.24) is 31.5 Å². The summed E-state index contributed by atoms with van der Waals surface area (Å²) in [6, 6.07) is 20.7. The largest absolute Gasteiger partial charge is 0.383 e. The first-order chi connectivity index (χ1) is 36.0. The summed E-state index contributed by atoms with van der Waals surface area (Å²) in [4.78, 5) is 117. The summed E-state index contributed by atoms with van der Waals surface area (Å²) >= 11 is 8.53. The van der Waals surface area contributed by atoms with Crippen molar-refractivity contribution in [3.05, 3.63) is 95.5 Å². The summed E-state index contributed by atoms with van der Waals surface area (Å²) in [5, 5.41) is 22.9. The Balaban J connectivity index is 1.01. The van der Waals surface area contributed by atoms with Gasteiger partial charge in [0.15, 0.2) is 0 Å². The van der Waals surface area contributed by atoms with Crippen molar-refractivity contribution in [2.75, 3.05) is 60.7 Å². The molecule has 10 amide bonds. The van der Waals surface area contributed by atoms with Crippen LogP contribution in [0, 0.1) is 5.92 Å². The van der Waals surface area contributed by atoms with Gasteiger partial charge in [0.2, 0.25) is 41.4 Å². The summed E-state index contributed by atoms with van der Waals surface area (Å²) in [6.07, 6.45) is 1.56. The van der Waals surface area contributed by atoms with Gasteiger partial charge in [0, 0.05) is 83.4 Å². The van der Waals surface area contributed by atoms with Gasteiger partial charge in [-0.15, -0.1) is 36.2 Å². The lowest BCUT2D eigenvalue weighted by molar-refractivity contribution is -0.141. The molecular weight excluding hydrogens is 1040 g/mol. The number of rotatable bonds is 28. The fraction of sp³-hybridized carbons (Fsp3) is 0.431. The minimum Gasteiger partial charge on any atom is -0.383 e. The molecular formula is C51H66N10O10S4. The molecule has 3 aromatic rings.